The maximum atomic E-state index is 12.4. The minimum absolute atomic E-state index is 0.0584. The van der Waals surface area contributed by atoms with Crippen molar-refractivity contribution in [2.45, 2.75) is 64.5 Å². The Bertz CT molecular complexity index is 422. The molecule has 0 aliphatic heterocycles. The maximum Gasteiger partial charge on any atom is 0.407 e. The lowest BCUT2D eigenvalue weighted by Crippen LogP contribution is -2.41. The molecule has 1 rings (SSSR count). The fraction of sp³-hybridized carbons (Fsp3) is 0.923. The summed E-state index contributed by atoms with van der Waals surface area (Å²) in [5.74, 6) is -0.181. The number of alkyl carbamates (subject to hydrolysis) is 1. The number of hydrogen-bond acceptors (Lipinski definition) is 4. The van der Waals surface area contributed by atoms with Crippen LogP contribution in [0.4, 0.5) is 8.68 Å². The van der Waals surface area contributed by atoms with Crippen LogP contribution in [0.15, 0.2) is 0 Å². The van der Waals surface area contributed by atoms with Crippen LogP contribution in [-0.2, 0) is 15.0 Å². The summed E-state index contributed by atoms with van der Waals surface area (Å²) in [7, 11) is -4.37. The third kappa shape index (κ3) is 7.67. The summed E-state index contributed by atoms with van der Waals surface area (Å²) in [4.78, 5) is 11.6. The molecule has 0 unspecified atom stereocenters. The number of rotatable bonds is 4. The molecule has 1 fully saturated rings. The zero-order valence-corrected chi connectivity index (χ0v) is 13.1. The van der Waals surface area contributed by atoms with E-state index < -0.39 is 27.7 Å². The predicted octanol–water partition coefficient (Wildman–Crippen LogP) is 2.76. The number of carbonyl (C=O) groups excluding carboxylic acids is 1. The van der Waals surface area contributed by atoms with Crippen molar-refractivity contribution in [2.75, 3.05) is 5.75 Å². The number of nitrogens with one attached hydrogen (secondary N) is 1. The highest BCUT2D eigenvalue weighted by molar-refractivity contribution is 7.86. The largest absolute Gasteiger partial charge is 0.444 e. The number of ether oxygens (including phenoxy) is 1. The highest BCUT2D eigenvalue weighted by atomic mass is 32.3. The molecule has 0 aromatic carbocycles. The number of amides is 1. The van der Waals surface area contributed by atoms with E-state index in [2.05, 4.69) is 5.32 Å². The molecule has 0 radical (unpaired) electrons. The summed E-state index contributed by atoms with van der Waals surface area (Å²) < 4.78 is 38.6. The fourth-order valence-corrected chi connectivity index (χ4v) is 2.99. The lowest BCUT2D eigenvalue weighted by molar-refractivity contribution is 0.0487. The molecule has 0 aromatic heterocycles. The SMILES string of the molecule is CC(C)(C)OC(=O)NC1CCC(CCS(=O)(=O)F)CC1. The summed E-state index contributed by atoms with van der Waals surface area (Å²) in [6, 6.07) is 0.0584. The van der Waals surface area contributed by atoms with E-state index in [0.717, 1.165) is 25.7 Å². The first-order valence-corrected chi connectivity index (χ1v) is 8.52. The number of halogens is 1. The standard InChI is InChI=1S/C13H24FNO4S/c1-13(2,3)19-12(16)15-11-6-4-10(5-7-11)8-9-20(14,17)18/h10-11H,4-9H2,1-3H3,(H,15,16). The van der Waals surface area contributed by atoms with Crippen LogP contribution in [0.2, 0.25) is 0 Å². The highest BCUT2D eigenvalue weighted by Gasteiger charge is 2.25. The lowest BCUT2D eigenvalue weighted by atomic mass is 9.84. The summed E-state index contributed by atoms with van der Waals surface area (Å²) in [6.45, 7) is 5.42. The molecule has 1 aliphatic rings. The van der Waals surface area contributed by atoms with Gasteiger partial charge < -0.3 is 10.1 Å². The van der Waals surface area contributed by atoms with Crippen LogP contribution in [0.5, 0.6) is 0 Å². The van der Waals surface area contributed by atoms with Crippen molar-refractivity contribution >= 4 is 16.3 Å². The van der Waals surface area contributed by atoms with E-state index in [9.17, 15) is 17.1 Å². The Morgan fingerprint density at radius 2 is 1.80 bits per heavy atom. The van der Waals surface area contributed by atoms with Crippen molar-refractivity contribution in [3.8, 4) is 0 Å². The number of carbonyl (C=O) groups is 1. The smallest absolute Gasteiger partial charge is 0.407 e. The van der Waals surface area contributed by atoms with Crippen molar-refractivity contribution < 1.29 is 21.8 Å². The quantitative estimate of drug-likeness (QED) is 0.810. The molecule has 7 heteroatoms. The molecule has 20 heavy (non-hydrogen) atoms. The summed E-state index contributed by atoms with van der Waals surface area (Å²) in [5, 5.41) is 2.81. The molecule has 0 atom stereocenters. The molecule has 1 aliphatic carbocycles. The van der Waals surface area contributed by atoms with Gasteiger partial charge in [0.05, 0.1) is 5.75 Å². The van der Waals surface area contributed by atoms with Crippen LogP contribution in [0.1, 0.15) is 52.9 Å². The molecule has 1 N–H and O–H groups in total. The number of hydrogen-bond donors (Lipinski definition) is 1. The average molecular weight is 309 g/mol. The normalized spacial score (nSPS) is 24.2. The first kappa shape index (κ1) is 17.2. The molecule has 1 amide bonds. The summed E-state index contributed by atoms with van der Waals surface area (Å²) in [5.41, 5.74) is -0.517. The second-order valence-corrected chi connectivity index (χ2v) is 7.88. The van der Waals surface area contributed by atoms with Crippen LogP contribution in [-0.4, -0.2) is 31.9 Å². The Balaban J connectivity index is 2.27. The Morgan fingerprint density at radius 1 is 1.25 bits per heavy atom. The Kier molecular flexibility index (Phi) is 5.79. The second kappa shape index (κ2) is 6.74. The molecule has 1 saturated carbocycles. The molecular weight excluding hydrogens is 285 g/mol. The van der Waals surface area contributed by atoms with E-state index in [1.165, 1.54) is 0 Å². The molecule has 5 nitrogen and oxygen atoms in total. The van der Waals surface area contributed by atoms with Crippen molar-refractivity contribution in [1.82, 2.24) is 5.32 Å². The van der Waals surface area contributed by atoms with Gasteiger partial charge in [0, 0.05) is 6.04 Å². The van der Waals surface area contributed by atoms with Gasteiger partial charge >= 0.3 is 16.3 Å². The van der Waals surface area contributed by atoms with E-state index in [1.54, 1.807) is 20.8 Å². The molecule has 0 bridgehead atoms. The van der Waals surface area contributed by atoms with Crippen LogP contribution in [0.3, 0.4) is 0 Å². The minimum Gasteiger partial charge on any atom is -0.444 e. The van der Waals surface area contributed by atoms with Gasteiger partial charge in [0.25, 0.3) is 0 Å². The van der Waals surface area contributed by atoms with Gasteiger partial charge in [-0.3, -0.25) is 0 Å². The fourth-order valence-electron chi connectivity index (χ4n) is 2.38. The second-order valence-electron chi connectivity index (χ2n) is 6.40. The predicted molar refractivity (Wildman–Crippen MR) is 74.6 cm³/mol. The van der Waals surface area contributed by atoms with Gasteiger partial charge in [0.2, 0.25) is 0 Å². The zero-order valence-electron chi connectivity index (χ0n) is 12.3. The Labute approximate surface area is 120 Å². The van der Waals surface area contributed by atoms with Gasteiger partial charge in [-0.2, -0.15) is 8.42 Å². The minimum atomic E-state index is -4.37. The Hall–Kier alpha value is -0.850. The van der Waals surface area contributed by atoms with E-state index >= 15 is 0 Å². The van der Waals surface area contributed by atoms with E-state index in [-0.39, 0.29) is 12.0 Å². The van der Waals surface area contributed by atoms with Gasteiger partial charge in [-0.15, -0.1) is 3.89 Å². The lowest BCUT2D eigenvalue weighted by Gasteiger charge is -2.29. The van der Waals surface area contributed by atoms with Crippen LogP contribution >= 0.6 is 0 Å². The van der Waals surface area contributed by atoms with E-state index in [0.29, 0.717) is 6.42 Å². The van der Waals surface area contributed by atoms with E-state index in [4.69, 9.17) is 4.74 Å². The van der Waals surface area contributed by atoms with Crippen LogP contribution in [0.25, 0.3) is 0 Å². The highest BCUT2D eigenvalue weighted by Crippen LogP contribution is 2.27. The van der Waals surface area contributed by atoms with Gasteiger partial charge in [0.1, 0.15) is 5.60 Å². The first-order chi connectivity index (χ1) is 9.05. The van der Waals surface area contributed by atoms with Crippen LogP contribution in [0, 0.1) is 5.92 Å². The summed E-state index contributed by atoms with van der Waals surface area (Å²) >= 11 is 0. The summed E-state index contributed by atoms with van der Waals surface area (Å²) in [6.07, 6.45) is 3.09. The molecule has 118 valence electrons. The van der Waals surface area contributed by atoms with Crippen molar-refractivity contribution in [2.24, 2.45) is 5.92 Å². The molecule has 0 heterocycles. The molecule has 0 saturated heterocycles. The molecule has 0 spiro atoms. The van der Waals surface area contributed by atoms with Crippen molar-refractivity contribution in [3.63, 3.8) is 0 Å². The third-order valence-corrected chi connectivity index (χ3v) is 4.06. The topological polar surface area (TPSA) is 72.5 Å². The Morgan fingerprint density at radius 3 is 2.25 bits per heavy atom. The molecular formula is C13H24FNO4S. The maximum absolute atomic E-state index is 12.4. The van der Waals surface area contributed by atoms with Crippen molar-refractivity contribution in [1.29, 1.82) is 0 Å². The van der Waals surface area contributed by atoms with Crippen LogP contribution < -0.4 is 5.32 Å². The monoisotopic (exact) mass is 309 g/mol. The van der Waals surface area contributed by atoms with E-state index in [1.807, 2.05) is 0 Å². The van der Waals surface area contributed by atoms with Gasteiger partial charge in [-0.05, 0) is 58.8 Å². The first-order valence-electron chi connectivity index (χ1n) is 6.97. The zero-order chi connectivity index (χ0) is 15.4. The molecule has 0 aromatic rings. The third-order valence-electron chi connectivity index (χ3n) is 3.34. The van der Waals surface area contributed by atoms with Crippen molar-refractivity contribution in [3.05, 3.63) is 0 Å². The van der Waals surface area contributed by atoms with Gasteiger partial charge in [0.15, 0.2) is 0 Å². The average Bonchev–Trinajstić information content (AvgIpc) is 2.24. The van der Waals surface area contributed by atoms with Gasteiger partial charge in [-0.1, -0.05) is 0 Å². The van der Waals surface area contributed by atoms with Gasteiger partial charge in [-0.25, -0.2) is 4.79 Å².